The van der Waals surface area contributed by atoms with Crippen molar-refractivity contribution in [1.82, 2.24) is 10.2 Å². The molecule has 2 saturated heterocycles. The zero-order chi connectivity index (χ0) is 15.7. The molecule has 1 aromatic carbocycles. The van der Waals surface area contributed by atoms with E-state index < -0.39 is 11.6 Å². The maximum Gasteiger partial charge on any atom is 0.222 e. The highest BCUT2D eigenvalue weighted by Crippen LogP contribution is 2.33. The zero-order valence-electron chi connectivity index (χ0n) is 13.2. The Morgan fingerprint density at radius 3 is 2.48 bits per heavy atom. The Kier molecular flexibility index (Phi) is 5.98. The van der Waals surface area contributed by atoms with E-state index in [-0.39, 0.29) is 18.3 Å². The highest BCUT2D eigenvalue weighted by atomic mass is 35.5. The van der Waals surface area contributed by atoms with Crippen LogP contribution in [0, 0.1) is 17.6 Å². The molecule has 3 nitrogen and oxygen atoms in total. The third-order valence-corrected chi connectivity index (χ3v) is 4.86. The van der Waals surface area contributed by atoms with E-state index in [1.54, 1.807) is 11.9 Å². The van der Waals surface area contributed by atoms with E-state index in [2.05, 4.69) is 5.32 Å². The lowest BCUT2D eigenvalue weighted by Gasteiger charge is -2.30. The van der Waals surface area contributed by atoms with Gasteiger partial charge >= 0.3 is 0 Å². The van der Waals surface area contributed by atoms with E-state index >= 15 is 0 Å². The molecule has 3 rings (SSSR count). The van der Waals surface area contributed by atoms with Crippen molar-refractivity contribution in [2.75, 3.05) is 7.05 Å². The molecule has 0 radical (unpaired) electrons. The molecule has 2 fully saturated rings. The molecule has 1 amide bonds. The highest BCUT2D eigenvalue weighted by molar-refractivity contribution is 5.85. The van der Waals surface area contributed by atoms with Crippen LogP contribution in [0.15, 0.2) is 18.2 Å². The standard InChI is InChI=1S/C17H22F2N2O.ClH/c1-21(10-11-2-5-15(18)16(19)8-11)17(22)9-12-6-13-3-4-14(7-12)20-13;/h2,5,8,12-14,20H,3-4,6-7,9-10H2,1H3;1H. The van der Waals surface area contributed by atoms with E-state index in [1.165, 1.54) is 18.9 Å². The van der Waals surface area contributed by atoms with Crippen LogP contribution in [0.2, 0.25) is 0 Å². The molecule has 2 heterocycles. The Morgan fingerprint density at radius 2 is 1.87 bits per heavy atom. The summed E-state index contributed by atoms with van der Waals surface area (Å²) in [6.07, 6.45) is 5.14. The van der Waals surface area contributed by atoms with Gasteiger partial charge in [0.2, 0.25) is 5.91 Å². The smallest absolute Gasteiger partial charge is 0.222 e. The van der Waals surface area contributed by atoms with Gasteiger partial charge in [0.1, 0.15) is 0 Å². The summed E-state index contributed by atoms with van der Waals surface area (Å²) in [5.41, 5.74) is 0.611. The van der Waals surface area contributed by atoms with E-state index in [4.69, 9.17) is 0 Å². The van der Waals surface area contributed by atoms with Crippen molar-refractivity contribution in [3.63, 3.8) is 0 Å². The Morgan fingerprint density at radius 1 is 1.22 bits per heavy atom. The summed E-state index contributed by atoms with van der Waals surface area (Å²) >= 11 is 0. The van der Waals surface area contributed by atoms with Gasteiger partial charge in [-0.15, -0.1) is 12.4 Å². The minimum atomic E-state index is -0.867. The number of hydrogen-bond acceptors (Lipinski definition) is 2. The second-order valence-electron chi connectivity index (χ2n) is 6.68. The van der Waals surface area contributed by atoms with Crippen LogP contribution in [0.5, 0.6) is 0 Å². The normalized spacial score (nSPS) is 25.8. The van der Waals surface area contributed by atoms with Gasteiger partial charge in [0.15, 0.2) is 11.6 Å². The third kappa shape index (κ3) is 4.42. The van der Waals surface area contributed by atoms with Crippen molar-refractivity contribution >= 4 is 18.3 Å². The summed E-state index contributed by atoms with van der Waals surface area (Å²) in [6.45, 7) is 0.313. The molecule has 0 aliphatic carbocycles. The van der Waals surface area contributed by atoms with Crippen molar-refractivity contribution in [3.05, 3.63) is 35.4 Å². The first-order valence-electron chi connectivity index (χ1n) is 7.95. The quantitative estimate of drug-likeness (QED) is 0.909. The number of amides is 1. The fourth-order valence-electron chi connectivity index (χ4n) is 3.74. The van der Waals surface area contributed by atoms with Gasteiger partial charge in [0.05, 0.1) is 0 Å². The predicted molar refractivity (Wildman–Crippen MR) is 87.4 cm³/mol. The highest BCUT2D eigenvalue weighted by Gasteiger charge is 2.34. The van der Waals surface area contributed by atoms with Crippen LogP contribution >= 0.6 is 12.4 Å². The fourth-order valence-corrected chi connectivity index (χ4v) is 3.74. The molecular formula is C17H23ClF2N2O. The van der Waals surface area contributed by atoms with Crippen LogP contribution in [0.4, 0.5) is 8.78 Å². The predicted octanol–water partition coefficient (Wildman–Crippen LogP) is 3.27. The Hall–Kier alpha value is -1.20. The lowest BCUT2D eigenvalue weighted by Crippen LogP contribution is -2.39. The second kappa shape index (κ2) is 7.58. The van der Waals surface area contributed by atoms with Crippen LogP contribution in [0.3, 0.4) is 0 Å². The summed E-state index contributed by atoms with van der Waals surface area (Å²) in [6, 6.07) is 4.94. The molecule has 0 spiro atoms. The molecule has 128 valence electrons. The molecule has 6 heteroatoms. The number of hydrogen-bond donors (Lipinski definition) is 1. The summed E-state index contributed by atoms with van der Waals surface area (Å²) in [5.74, 6) is -1.20. The number of nitrogens with zero attached hydrogens (tertiary/aromatic N) is 1. The minimum absolute atomic E-state index is 0. The molecular weight excluding hydrogens is 322 g/mol. The molecule has 1 aromatic rings. The third-order valence-electron chi connectivity index (χ3n) is 4.86. The van der Waals surface area contributed by atoms with Crippen molar-refractivity contribution in [2.24, 2.45) is 5.92 Å². The van der Waals surface area contributed by atoms with Gasteiger partial charge in [-0.1, -0.05) is 6.07 Å². The molecule has 1 N–H and O–H groups in total. The Balaban J connectivity index is 0.00000192. The van der Waals surface area contributed by atoms with Crippen molar-refractivity contribution in [2.45, 2.75) is 50.7 Å². The molecule has 0 saturated carbocycles. The van der Waals surface area contributed by atoms with Gasteiger partial charge in [-0.05, 0) is 49.3 Å². The van der Waals surface area contributed by atoms with Gasteiger partial charge in [-0.3, -0.25) is 4.79 Å². The Bertz CT molecular complexity index is 558. The number of halogens is 3. The van der Waals surface area contributed by atoms with Crippen molar-refractivity contribution in [1.29, 1.82) is 0 Å². The molecule has 2 unspecified atom stereocenters. The molecule has 2 atom stereocenters. The van der Waals surface area contributed by atoms with Gasteiger partial charge in [-0.25, -0.2) is 8.78 Å². The molecule has 2 aliphatic rings. The van der Waals surface area contributed by atoms with Gasteiger partial charge in [0, 0.05) is 32.1 Å². The lowest BCUT2D eigenvalue weighted by molar-refractivity contribution is -0.131. The van der Waals surface area contributed by atoms with Crippen molar-refractivity contribution < 1.29 is 13.6 Å². The molecule has 0 aromatic heterocycles. The van der Waals surface area contributed by atoms with Crippen molar-refractivity contribution in [3.8, 4) is 0 Å². The fraction of sp³-hybridized carbons (Fsp3) is 0.588. The molecule has 2 aliphatic heterocycles. The van der Waals surface area contributed by atoms with Gasteiger partial charge < -0.3 is 10.2 Å². The SMILES string of the molecule is CN(Cc1ccc(F)c(F)c1)C(=O)CC1CC2CCC(C1)N2.Cl. The molecule has 23 heavy (non-hydrogen) atoms. The number of rotatable bonds is 4. The second-order valence-corrected chi connectivity index (χ2v) is 6.68. The zero-order valence-corrected chi connectivity index (χ0v) is 14.0. The van der Waals surface area contributed by atoms with E-state index in [1.807, 2.05) is 0 Å². The number of fused-ring (bicyclic) bond motifs is 2. The minimum Gasteiger partial charge on any atom is -0.341 e. The topological polar surface area (TPSA) is 32.3 Å². The van der Waals surface area contributed by atoms with Crippen LogP contribution < -0.4 is 5.32 Å². The van der Waals surface area contributed by atoms with E-state index in [0.717, 1.165) is 25.0 Å². The first kappa shape index (κ1) is 18.1. The number of carbonyl (C=O) groups excluding carboxylic acids is 1. The van der Waals surface area contributed by atoms with Crippen LogP contribution in [-0.2, 0) is 11.3 Å². The summed E-state index contributed by atoms with van der Waals surface area (Å²) in [5, 5.41) is 3.57. The monoisotopic (exact) mass is 344 g/mol. The van der Waals surface area contributed by atoms with E-state index in [0.29, 0.717) is 36.5 Å². The summed E-state index contributed by atoms with van der Waals surface area (Å²) < 4.78 is 26.1. The van der Waals surface area contributed by atoms with Gasteiger partial charge in [-0.2, -0.15) is 0 Å². The first-order chi connectivity index (χ1) is 10.5. The van der Waals surface area contributed by atoms with Crippen LogP contribution in [0.1, 0.15) is 37.7 Å². The number of benzene rings is 1. The van der Waals surface area contributed by atoms with E-state index in [9.17, 15) is 13.6 Å². The average molecular weight is 345 g/mol. The largest absolute Gasteiger partial charge is 0.341 e. The maximum atomic E-state index is 13.2. The summed E-state index contributed by atoms with van der Waals surface area (Å²) in [4.78, 5) is 13.9. The maximum absolute atomic E-state index is 13.2. The van der Waals surface area contributed by atoms with Crippen LogP contribution in [-0.4, -0.2) is 29.9 Å². The average Bonchev–Trinajstić information content (AvgIpc) is 2.82. The number of nitrogens with one attached hydrogen (secondary N) is 1. The molecule has 2 bridgehead atoms. The summed E-state index contributed by atoms with van der Waals surface area (Å²) in [7, 11) is 1.72. The lowest BCUT2D eigenvalue weighted by atomic mass is 9.89. The van der Waals surface area contributed by atoms with Gasteiger partial charge in [0.25, 0.3) is 0 Å². The number of carbonyl (C=O) groups is 1. The number of piperidine rings is 1. The Labute approximate surface area is 141 Å². The first-order valence-corrected chi connectivity index (χ1v) is 7.95. The van der Waals surface area contributed by atoms with Crippen LogP contribution in [0.25, 0.3) is 0 Å².